The van der Waals surface area contributed by atoms with Crippen LogP contribution in [0.1, 0.15) is 17.5 Å². The van der Waals surface area contributed by atoms with E-state index < -0.39 is 0 Å². The number of fused-ring (bicyclic) bond motifs is 1. The van der Waals surface area contributed by atoms with Gasteiger partial charge in [-0.1, -0.05) is 6.07 Å². The number of hydrogen-bond acceptors (Lipinski definition) is 4. The topological polar surface area (TPSA) is 24.9 Å². The fourth-order valence-electron chi connectivity index (χ4n) is 2.72. The molecule has 2 aliphatic heterocycles. The second kappa shape index (κ2) is 7.06. The van der Waals surface area contributed by atoms with Gasteiger partial charge in [0.2, 0.25) is 0 Å². The Morgan fingerprint density at radius 2 is 1.95 bits per heavy atom. The fraction of sp³-hybridized carbons (Fsp3) is 0.600. The van der Waals surface area contributed by atoms with Crippen molar-refractivity contribution in [3.05, 3.63) is 29.3 Å². The molecule has 1 aromatic carbocycles. The number of rotatable bonds is 5. The summed E-state index contributed by atoms with van der Waals surface area (Å²) < 4.78 is 13.5. The summed E-state index contributed by atoms with van der Waals surface area (Å²) >= 11 is 2.38. The van der Waals surface area contributed by atoms with Crippen LogP contribution in [-0.4, -0.2) is 47.5 Å². The Hall–Kier alpha value is -0.370. The lowest BCUT2D eigenvalue weighted by atomic mass is 10.1. The second-order valence-electron chi connectivity index (χ2n) is 5.37. The number of nitrogens with zero attached hydrogens (tertiary/aromatic N) is 2. The van der Waals surface area contributed by atoms with E-state index in [0.29, 0.717) is 0 Å². The molecule has 0 atom stereocenters. The number of halogens is 1. The average molecular weight is 388 g/mol. The molecule has 1 aromatic rings. The van der Waals surface area contributed by atoms with Gasteiger partial charge in [0.25, 0.3) is 0 Å². The van der Waals surface area contributed by atoms with Crippen LogP contribution < -0.4 is 4.74 Å². The predicted octanol–water partition coefficient (Wildman–Crippen LogP) is 2.45. The highest BCUT2D eigenvalue weighted by atomic mass is 127. The molecule has 0 unspecified atom stereocenters. The van der Waals surface area contributed by atoms with Crippen LogP contribution in [0.5, 0.6) is 5.75 Å². The maximum Gasteiger partial charge on any atom is 0.119 e. The molecule has 4 nitrogen and oxygen atoms in total. The maximum absolute atomic E-state index is 5.88. The van der Waals surface area contributed by atoms with Gasteiger partial charge in [-0.05, 0) is 29.7 Å². The highest BCUT2D eigenvalue weighted by Crippen LogP contribution is 2.28. The quantitative estimate of drug-likeness (QED) is 0.440. The molecule has 20 heavy (non-hydrogen) atoms. The van der Waals surface area contributed by atoms with Gasteiger partial charge in [0.15, 0.2) is 0 Å². The minimum Gasteiger partial charge on any atom is -0.494 e. The van der Waals surface area contributed by atoms with Gasteiger partial charge in [-0.25, -0.2) is 3.11 Å². The zero-order valence-electron chi connectivity index (χ0n) is 11.7. The molecule has 0 aromatic heterocycles. The monoisotopic (exact) mass is 388 g/mol. The molecule has 2 aliphatic rings. The lowest BCUT2D eigenvalue weighted by Crippen LogP contribution is -2.37. The molecule has 110 valence electrons. The van der Waals surface area contributed by atoms with E-state index in [0.717, 1.165) is 64.7 Å². The van der Waals surface area contributed by atoms with Crippen LogP contribution in [-0.2, 0) is 17.8 Å². The van der Waals surface area contributed by atoms with Gasteiger partial charge in [0, 0.05) is 55.6 Å². The van der Waals surface area contributed by atoms with Crippen LogP contribution in [0.2, 0.25) is 0 Å². The molecule has 0 radical (unpaired) electrons. The number of benzene rings is 1. The van der Waals surface area contributed by atoms with Gasteiger partial charge in [0.1, 0.15) is 5.75 Å². The third-order valence-corrected chi connectivity index (χ3v) is 4.53. The molecular formula is C15H21IN2O2. The molecule has 2 heterocycles. The van der Waals surface area contributed by atoms with Gasteiger partial charge >= 0.3 is 0 Å². The SMILES string of the molecule is IN1Cc2ccc(OCCCN3CCOCC3)cc2C1. The van der Waals surface area contributed by atoms with Crippen LogP contribution in [0, 0.1) is 0 Å². The lowest BCUT2D eigenvalue weighted by molar-refractivity contribution is 0.0358. The van der Waals surface area contributed by atoms with Crippen molar-refractivity contribution in [3.63, 3.8) is 0 Å². The van der Waals surface area contributed by atoms with E-state index in [-0.39, 0.29) is 0 Å². The first-order valence-corrected chi connectivity index (χ1v) is 8.23. The molecule has 5 heteroatoms. The lowest BCUT2D eigenvalue weighted by Gasteiger charge is -2.26. The highest BCUT2D eigenvalue weighted by molar-refractivity contribution is 14.1. The Morgan fingerprint density at radius 3 is 2.80 bits per heavy atom. The first-order valence-electron chi connectivity index (χ1n) is 7.27. The highest BCUT2D eigenvalue weighted by Gasteiger charge is 2.17. The molecule has 0 bridgehead atoms. The van der Waals surface area contributed by atoms with Crippen LogP contribution in [0.25, 0.3) is 0 Å². The first-order chi connectivity index (χ1) is 9.81. The van der Waals surface area contributed by atoms with E-state index in [1.54, 1.807) is 0 Å². The molecule has 0 spiro atoms. The van der Waals surface area contributed by atoms with Crippen molar-refractivity contribution in [1.29, 1.82) is 0 Å². The van der Waals surface area contributed by atoms with Gasteiger partial charge in [0.05, 0.1) is 19.8 Å². The number of morpholine rings is 1. The molecule has 0 saturated carbocycles. The van der Waals surface area contributed by atoms with Crippen LogP contribution in [0.4, 0.5) is 0 Å². The summed E-state index contributed by atoms with van der Waals surface area (Å²) in [4.78, 5) is 2.45. The second-order valence-corrected chi connectivity index (χ2v) is 6.73. The Kier molecular flexibility index (Phi) is 5.14. The van der Waals surface area contributed by atoms with Crippen LogP contribution in [0.15, 0.2) is 18.2 Å². The van der Waals surface area contributed by atoms with Gasteiger partial charge in [-0.3, -0.25) is 4.90 Å². The van der Waals surface area contributed by atoms with E-state index >= 15 is 0 Å². The van der Waals surface area contributed by atoms with E-state index in [9.17, 15) is 0 Å². The largest absolute Gasteiger partial charge is 0.494 e. The maximum atomic E-state index is 5.88. The Balaban J connectivity index is 1.41. The number of ether oxygens (including phenoxy) is 2. The zero-order chi connectivity index (χ0) is 13.8. The average Bonchev–Trinajstić information content (AvgIpc) is 2.84. The Labute approximate surface area is 134 Å². The summed E-state index contributed by atoms with van der Waals surface area (Å²) in [6.45, 7) is 7.85. The Morgan fingerprint density at radius 1 is 1.15 bits per heavy atom. The number of hydrogen-bond donors (Lipinski definition) is 0. The van der Waals surface area contributed by atoms with Crippen molar-refractivity contribution < 1.29 is 9.47 Å². The van der Waals surface area contributed by atoms with E-state index in [1.807, 2.05) is 0 Å². The predicted molar refractivity (Wildman–Crippen MR) is 87.1 cm³/mol. The molecule has 3 rings (SSSR count). The van der Waals surface area contributed by atoms with Crippen molar-refractivity contribution in [2.24, 2.45) is 0 Å². The molecule has 1 saturated heterocycles. The smallest absolute Gasteiger partial charge is 0.119 e. The zero-order valence-corrected chi connectivity index (χ0v) is 13.8. The third-order valence-electron chi connectivity index (χ3n) is 3.85. The Bertz CT molecular complexity index is 449. The summed E-state index contributed by atoms with van der Waals surface area (Å²) in [5.41, 5.74) is 2.84. The molecule has 0 amide bonds. The summed E-state index contributed by atoms with van der Waals surface area (Å²) in [7, 11) is 0. The van der Waals surface area contributed by atoms with Crippen molar-refractivity contribution in [2.75, 3.05) is 39.5 Å². The summed E-state index contributed by atoms with van der Waals surface area (Å²) in [5.74, 6) is 1.01. The molecule has 1 fully saturated rings. The standard InChI is InChI=1S/C15H21IN2O2/c16-18-11-13-2-3-15(10-14(13)12-18)20-7-1-4-17-5-8-19-9-6-17/h2-3,10H,1,4-9,11-12H2. The summed E-state index contributed by atoms with van der Waals surface area (Å²) in [6, 6.07) is 6.50. The van der Waals surface area contributed by atoms with Crippen molar-refractivity contribution in [3.8, 4) is 5.75 Å². The minimum absolute atomic E-state index is 0.796. The van der Waals surface area contributed by atoms with E-state index in [2.05, 4.69) is 49.1 Å². The fourth-order valence-corrected chi connectivity index (χ4v) is 3.46. The van der Waals surface area contributed by atoms with Crippen molar-refractivity contribution >= 4 is 22.9 Å². The normalized spacial score (nSPS) is 20.1. The summed E-state index contributed by atoms with van der Waals surface area (Å²) in [5, 5.41) is 0. The summed E-state index contributed by atoms with van der Waals surface area (Å²) in [6.07, 6.45) is 1.08. The third kappa shape index (κ3) is 3.84. The molecule has 0 aliphatic carbocycles. The van der Waals surface area contributed by atoms with Crippen molar-refractivity contribution in [1.82, 2.24) is 8.01 Å². The molecular weight excluding hydrogens is 367 g/mol. The van der Waals surface area contributed by atoms with Gasteiger partial charge < -0.3 is 9.47 Å². The van der Waals surface area contributed by atoms with Gasteiger partial charge in [-0.15, -0.1) is 0 Å². The van der Waals surface area contributed by atoms with Crippen LogP contribution >= 0.6 is 22.9 Å². The van der Waals surface area contributed by atoms with Crippen molar-refractivity contribution in [2.45, 2.75) is 19.5 Å². The molecule has 0 N–H and O–H groups in total. The van der Waals surface area contributed by atoms with Crippen LogP contribution in [0.3, 0.4) is 0 Å². The minimum atomic E-state index is 0.796. The van der Waals surface area contributed by atoms with E-state index in [4.69, 9.17) is 9.47 Å². The van der Waals surface area contributed by atoms with E-state index in [1.165, 1.54) is 11.1 Å². The van der Waals surface area contributed by atoms with Gasteiger partial charge in [-0.2, -0.15) is 0 Å². The first kappa shape index (κ1) is 14.6.